The second-order valence-electron chi connectivity index (χ2n) is 11.8. The first-order chi connectivity index (χ1) is 23.0. The van der Waals surface area contributed by atoms with E-state index in [1.54, 1.807) is 36.4 Å². The number of benzene rings is 2. The van der Waals surface area contributed by atoms with Gasteiger partial charge in [0.1, 0.15) is 35.7 Å². The number of hydrogen-bond donors (Lipinski definition) is 9. The zero-order chi connectivity index (χ0) is 35.1. The fourth-order valence-electron chi connectivity index (χ4n) is 5.60. The van der Waals surface area contributed by atoms with Crippen molar-refractivity contribution in [1.29, 1.82) is 0 Å². The molecule has 4 amide bonds. The number of phenolic OH excluding ortho intramolecular Hbond substituents is 2. The largest absolute Gasteiger partial charge is 0.508 e. The zero-order valence-corrected chi connectivity index (χ0v) is 27.1. The van der Waals surface area contributed by atoms with E-state index in [-0.39, 0.29) is 42.8 Å². The van der Waals surface area contributed by atoms with Crippen LogP contribution in [0.25, 0.3) is 0 Å². The molecule has 262 valence electrons. The molecule has 3 rings (SSSR count). The molecule has 15 heteroatoms. The van der Waals surface area contributed by atoms with Crippen molar-refractivity contribution in [2.75, 3.05) is 26.2 Å². The van der Waals surface area contributed by atoms with Crippen LogP contribution >= 0.6 is 0 Å². The Bertz CT molecular complexity index is 1380. The molecule has 1 heterocycles. The molecular formula is C33H49N9O6. The molecule has 0 aromatic heterocycles. The van der Waals surface area contributed by atoms with Crippen LogP contribution in [0.5, 0.6) is 11.5 Å². The minimum Gasteiger partial charge on any atom is -0.508 e. The van der Waals surface area contributed by atoms with E-state index in [4.69, 9.17) is 22.9 Å². The average molecular weight is 668 g/mol. The molecule has 15 nitrogen and oxygen atoms in total. The molecule has 1 aliphatic rings. The van der Waals surface area contributed by atoms with E-state index in [1.165, 1.54) is 17.0 Å². The number of primary amides is 1. The second-order valence-corrected chi connectivity index (χ2v) is 11.8. The van der Waals surface area contributed by atoms with Gasteiger partial charge in [0.25, 0.3) is 0 Å². The summed E-state index contributed by atoms with van der Waals surface area (Å²) in [5.41, 5.74) is 23.5. The van der Waals surface area contributed by atoms with Crippen molar-refractivity contribution in [3.63, 3.8) is 0 Å². The van der Waals surface area contributed by atoms with Gasteiger partial charge < -0.3 is 54.0 Å². The lowest BCUT2D eigenvalue weighted by molar-refractivity contribution is -0.141. The van der Waals surface area contributed by atoms with Gasteiger partial charge in [0.05, 0.1) is 0 Å². The Hall–Kier alpha value is -4.89. The van der Waals surface area contributed by atoms with Crippen LogP contribution in [0.15, 0.2) is 53.5 Å². The monoisotopic (exact) mass is 667 g/mol. The summed E-state index contributed by atoms with van der Waals surface area (Å²) in [5.74, 6) is -1.97. The van der Waals surface area contributed by atoms with Crippen LogP contribution in [0.2, 0.25) is 0 Å². The number of phenols is 2. The van der Waals surface area contributed by atoms with Crippen molar-refractivity contribution >= 4 is 29.6 Å². The predicted octanol–water partition coefficient (Wildman–Crippen LogP) is -0.400. The molecule has 0 aliphatic carbocycles. The molecule has 13 N–H and O–H groups in total. The van der Waals surface area contributed by atoms with E-state index in [0.717, 1.165) is 5.56 Å². The molecule has 2 aromatic rings. The molecular weight excluding hydrogens is 618 g/mol. The number of aromatic hydroxyl groups is 2. The highest BCUT2D eigenvalue weighted by Gasteiger charge is 2.39. The van der Waals surface area contributed by atoms with Crippen molar-refractivity contribution in [2.24, 2.45) is 27.9 Å². The molecule has 1 saturated heterocycles. The maximum atomic E-state index is 14.1. The Morgan fingerprint density at radius 1 is 0.875 bits per heavy atom. The fraction of sp³-hybridized carbons (Fsp3) is 0.485. The zero-order valence-electron chi connectivity index (χ0n) is 27.1. The number of guanidine groups is 1. The summed E-state index contributed by atoms with van der Waals surface area (Å²) in [5, 5.41) is 28.2. The van der Waals surface area contributed by atoms with Gasteiger partial charge in [-0.1, -0.05) is 24.3 Å². The Labute approximate surface area is 280 Å². The van der Waals surface area contributed by atoms with Gasteiger partial charge >= 0.3 is 0 Å². The Morgan fingerprint density at radius 3 is 2.15 bits per heavy atom. The SMILES string of the molecule is NCCCCC(NC(=O)C1CCCN1C(=O)C(NCCc1ccc(O)cc1)c1ccc(O)cc1)C(=O)NC(CCCN=C(N)N)C(N)=O. The third kappa shape index (κ3) is 11.7. The summed E-state index contributed by atoms with van der Waals surface area (Å²) in [4.78, 5) is 58.7. The van der Waals surface area contributed by atoms with Crippen molar-refractivity contribution in [3.8, 4) is 11.5 Å². The number of carbonyl (C=O) groups excluding carboxylic acids is 4. The molecule has 1 aliphatic heterocycles. The van der Waals surface area contributed by atoms with Crippen molar-refractivity contribution in [3.05, 3.63) is 59.7 Å². The van der Waals surface area contributed by atoms with Gasteiger partial charge in [-0.05, 0) is 93.3 Å². The standard InChI is InChI=1S/C33H49N9O6/c34-17-2-1-5-26(30(46)40-25(29(35)45)6-3-18-39-33(36)37)41-31(47)27-7-4-20-42(27)32(48)28(22-10-14-24(44)15-11-22)38-19-16-21-8-12-23(43)13-9-21/h8-15,25-28,38,43-44H,1-7,16-20,34H2,(H2,35,45)(H,40,46)(H,41,47)(H4,36,37,39). The van der Waals surface area contributed by atoms with Crippen LogP contribution in [0, 0.1) is 0 Å². The highest BCUT2D eigenvalue weighted by atomic mass is 16.3. The van der Waals surface area contributed by atoms with Gasteiger partial charge in [-0.2, -0.15) is 0 Å². The molecule has 48 heavy (non-hydrogen) atoms. The maximum Gasteiger partial charge on any atom is 0.244 e. The summed E-state index contributed by atoms with van der Waals surface area (Å²) < 4.78 is 0. The van der Waals surface area contributed by atoms with Crippen LogP contribution in [-0.4, -0.2) is 89.0 Å². The van der Waals surface area contributed by atoms with E-state index in [1.807, 2.05) is 0 Å². The van der Waals surface area contributed by atoms with E-state index < -0.39 is 41.9 Å². The first kappa shape index (κ1) is 37.6. The number of carbonyl (C=O) groups is 4. The van der Waals surface area contributed by atoms with Gasteiger partial charge in [-0.25, -0.2) is 0 Å². The Kier molecular flexibility index (Phi) is 14.9. The van der Waals surface area contributed by atoms with E-state index in [0.29, 0.717) is 63.7 Å². The smallest absolute Gasteiger partial charge is 0.244 e. The third-order valence-electron chi connectivity index (χ3n) is 8.20. The van der Waals surface area contributed by atoms with Crippen LogP contribution in [-0.2, 0) is 25.6 Å². The van der Waals surface area contributed by atoms with E-state index >= 15 is 0 Å². The molecule has 0 saturated carbocycles. The van der Waals surface area contributed by atoms with Crippen molar-refractivity contribution in [2.45, 2.75) is 75.5 Å². The fourth-order valence-corrected chi connectivity index (χ4v) is 5.60. The molecule has 0 spiro atoms. The topological polar surface area (TPSA) is 265 Å². The van der Waals surface area contributed by atoms with Crippen LogP contribution in [0.4, 0.5) is 0 Å². The number of unbranched alkanes of at least 4 members (excludes halogenated alkanes) is 1. The highest BCUT2D eigenvalue weighted by Crippen LogP contribution is 2.25. The molecule has 2 aromatic carbocycles. The van der Waals surface area contributed by atoms with Gasteiger partial charge in [-0.15, -0.1) is 0 Å². The van der Waals surface area contributed by atoms with E-state index in [9.17, 15) is 29.4 Å². The summed E-state index contributed by atoms with van der Waals surface area (Å²) >= 11 is 0. The predicted molar refractivity (Wildman–Crippen MR) is 181 cm³/mol. The van der Waals surface area contributed by atoms with Crippen LogP contribution in [0.3, 0.4) is 0 Å². The van der Waals surface area contributed by atoms with E-state index in [2.05, 4.69) is 20.9 Å². The van der Waals surface area contributed by atoms with Crippen LogP contribution in [0.1, 0.15) is 62.1 Å². The van der Waals surface area contributed by atoms with Crippen molar-refractivity contribution in [1.82, 2.24) is 20.9 Å². The van der Waals surface area contributed by atoms with Gasteiger partial charge in [0.2, 0.25) is 23.6 Å². The number of likely N-dealkylation sites (tertiary alicyclic amines) is 1. The molecule has 0 bridgehead atoms. The molecule has 4 atom stereocenters. The van der Waals surface area contributed by atoms with Gasteiger partial charge in [-0.3, -0.25) is 24.2 Å². The Morgan fingerprint density at radius 2 is 1.52 bits per heavy atom. The first-order valence-corrected chi connectivity index (χ1v) is 16.3. The number of nitrogens with one attached hydrogen (secondary N) is 3. The number of nitrogens with two attached hydrogens (primary N) is 4. The quantitative estimate of drug-likeness (QED) is 0.0531. The number of amides is 4. The van der Waals surface area contributed by atoms with Crippen LogP contribution < -0.4 is 38.9 Å². The Balaban J connectivity index is 1.73. The summed E-state index contributed by atoms with van der Waals surface area (Å²) in [7, 11) is 0. The number of nitrogens with zero attached hydrogens (tertiary/aromatic N) is 2. The minimum atomic E-state index is -0.996. The average Bonchev–Trinajstić information content (AvgIpc) is 3.55. The summed E-state index contributed by atoms with van der Waals surface area (Å²) in [6.07, 6.45) is 3.58. The number of hydrogen-bond acceptors (Lipinski definition) is 9. The minimum absolute atomic E-state index is 0.0544. The maximum absolute atomic E-state index is 14.1. The summed E-state index contributed by atoms with van der Waals surface area (Å²) in [6.45, 7) is 1.42. The highest BCUT2D eigenvalue weighted by molar-refractivity contribution is 5.95. The summed E-state index contributed by atoms with van der Waals surface area (Å²) in [6, 6.07) is 9.47. The van der Waals surface area contributed by atoms with Gasteiger partial charge in [0, 0.05) is 19.6 Å². The van der Waals surface area contributed by atoms with Gasteiger partial charge in [0.15, 0.2) is 5.96 Å². The lowest BCUT2D eigenvalue weighted by atomic mass is 10.0. The second kappa shape index (κ2) is 19.1. The normalized spacial score (nSPS) is 16.0. The molecule has 1 fully saturated rings. The van der Waals surface area contributed by atoms with Crippen molar-refractivity contribution < 1.29 is 29.4 Å². The number of rotatable bonds is 19. The molecule has 4 unspecified atom stereocenters. The lowest BCUT2D eigenvalue weighted by Gasteiger charge is -2.30. The lowest BCUT2D eigenvalue weighted by Crippen LogP contribution is -2.56. The molecule has 0 radical (unpaired) electrons. The first-order valence-electron chi connectivity index (χ1n) is 16.3. The number of aliphatic imine (C=N–C) groups is 1. The third-order valence-corrected chi connectivity index (χ3v) is 8.20.